The first kappa shape index (κ1) is 21.1. The van der Waals surface area contributed by atoms with Gasteiger partial charge < -0.3 is 14.8 Å². The predicted octanol–water partition coefficient (Wildman–Crippen LogP) is 0.260. The van der Waals surface area contributed by atoms with Crippen molar-refractivity contribution >= 4 is 34.1 Å². The molecule has 1 aromatic carbocycles. The number of hydrogen-bond acceptors (Lipinski definition) is 6. The average Bonchev–Trinajstić information content (AvgIpc) is 3.04. The molecule has 29 heavy (non-hydrogen) atoms. The van der Waals surface area contributed by atoms with Crippen molar-refractivity contribution in [3.8, 4) is 0 Å². The van der Waals surface area contributed by atoms with Gasteiger partial charge in [-0.15, -0.1) is 0 Å². The van der Waals surface area contributed by atoms with E-state index in [1.54, 1.807) is 22.6 Å². The van der Waals surface area contributed by atoms with Crippen LogP contribution in [-0.2, 0) is 28.4 Å². The fourth-order valence-corrected chi connectivity index (χ4v) is 4.61. The van der Waals surface area contributed by atoms with Crippen LogP contribution < -0.4 is 5.32 Å². The summed E-state index contributed by atoms with van der Waals surface area (Å²) in [6.07, 6.45) is 0. The lowest BCUT2D eigenvalue weighted by molar-refractivity contribution is -0.129. The molecule has 0 radical (unpaired) electrons. The van der Waals surface area contributed by atoms with Gasteiger partial charge in [-0.25, -0.2) is 8.42 Å². The largest absolute Gasteiger partial charge is 0.345 e. The van der Waals surface area contributed by atoms with E-state index in [1.807, 2.05) is 0 Å². The van der Waals surface area contributed by atoms with Crippen LogP contribution in [0.25, 0.3) is 0 Å². The van der Waals surface area contributed by atoms with Crippen LogP contribution in [0.5, 0.6) is 0 Å². The first-order chi connectivity index (χ1) is 13.7. The number of rotatable bonds is 5. The van der Waals surface area contributed by atoms with E-state index >= 15 is 0 Å². The zero-order valence-corrected chi connectivity index (χ0v) is 17.7. The standard InChI is InChI=1S/C17H22N6O4S2/c1-12(24)22-6-8-23(9-7-22)29(26,27)14-5-3-4-13(10-14)16(25)18-11-15-19-20-17(28)21(15)2/h3-5,10H,6-9,11H2,1-2H3,(H,18,25)(H,20,28). The second kappa shape index (κ2) is 8.43. The van der Waals surface area contributed by atoms with E-state index in [4.69, 9.17) is 12.2 Å². The molecule has 2 N–H and O–H groups in total. The van der Waals surface area contributed by atoms with E-state index in [-0.39, 0.29) is 36.0 Å². The molecule has 2 amide bonds. The Labute approximate surface area is 173 Å². The summed E-state index contributed by atoms with van der Waals surface area (Å²) in [7, 11) is -2.03. The molecule has 0 spiro atoms. The second-order valence-electron chi connectivity index (χ2n) is 6.62. The molecule has 3 rings (SSSR count). The number of hydrogen-bond donors (Lipinski definition) is 2. The highest BCUT2D eigenvalue weighted by Gasteiger charge is 2.29. The summed E-state index contributed by atoms with van der Waals surface area (Å²) in [6.45, 7) is 2.74. The SMILES string of the molecule is CC(=O)N1CCN(S(=O)(=O)c2cccc(C(=O)NCc3n[nH]c(=S)n3C)c2)CC1. The normalized spacial score (nSPS) is 15.3. The molecule has 12 heteroatoms. The minimum Gasteiger partial charge on any atom is -0.345 e. The van der Waals surface area contributed by atoms with Gasteiger partial charge in [0, 0.05) is 45.7 Å². The smallest absolute Gasteiger partial charge is 0.251 e. The van der Waals surface area contributed by atoms with Gasteiger partial charge in [0.15, 0.2) is 10.6 Å². The lowest BCUT2D eigenvalue weighted by Gasteiger charge is -2.33. The van der Waals surface area contributed by atoms with E-state index in [1.165, 1.54) is 29.4 Å². The summed E-state index contributed by atoms with van der Waals surface area (Å²) in [5, 5.41) is 9.35. The number of aromatic nitrogens is 3. The molecular formula is C17H22N6O4S2. The van der Waals surface area contributed by atoms with Gasteiger partial charge in [0.1, 0.15) is 0 Å². The van der Waals surface area contributed by atoms with Gasteiger partial charge in [0.25, 0.3) is 5.91 Å². The van der Waals surface area contributed by atoms with Crippen molar-refractivity contribution in [3.05, 3.63) is 40.4 Å². The number of carbonyl (C=O) groups excluding carboxylic acids is 2. The quantitative estimate of drug-likeness (QED) is 0.646. The highest BCUT2D eigenvalue weighted by molar-refractivity contribution is 7.89. The topological polar surface area (TPSA) is 120 Å². The van der Waals surface area contributed by atoms with Gasteiger partial charge in [0.2, 0.25) is 15.9 Å². The molecule has 0 aliphatic carbocycles. The summed E-state index contributed by atoms with van der Waals surface area (Å²) in [6, 6.07) is 5.89. The number of piperazine rings is 1. The van der Waals surface area contributed by atoms with E-state index in [0.717, 1.165) is 0 Å². The van der Waals surface area contributed by atoms with E-state index in [2.05, 4.69) is 15.5 Å². The van der Waals surface area contributed by atoms with E-state index in [0.29, 0.717) is 23.7 Å². The van der Waals surface area contributed by atoms with Crippen LogP contribution in [0.2, 0.25) is 0 Å². The average molecular weight is 439 g/mol. The second-order valence-corrected chi connectivity index (χ2v) is 8.95. The van der Waals surface area contributed by atoms with Gasteiger partial charge in [0.05, 0.1) is 11.4 Å². The van der Waals surface area contributed by atoms with Crippen LogP contribution in [0.3, 0.4) is 0 Å². The van der Waals surface area contributed by atoms with Gasteiger partial charge in [-0.3, -0.25) is 14.7 Å². The maximum atomic E-state index is 12.9. The number of sulfonamides is 1. The zero-order chi connectivity index (χ0) is 21.2. The Morgan fingerprint density at radius 2 is 1.93 bits per heavy atom. The fourth-order valence-electron chi connectivity index (χ4n) is 2.99. The van der Waals surface area contributed by atoms with Crippen LogP contribution in [0.1, 0.15) is 23.1 Å². The van der Waals surface area contributed by atoms with Crippen molar-refractivity contribution < 1.29 is 18.0 Å². The molecule has 2 aromatic rings. The monoisotopic (exact) mass is 438 g/mol. The Bertz CT molecular complexity index is 1080. The maximum absolute atomic E-state index is 12.9. The molecule has 2 heterocycles. The lowest BCUT2D eigenvalue weighted by atomic mass is 10.2. The van der Waals surface area contributed by atoms with Crippen molar-refractivity contribution in [1.29, 1.82) is 0 Å². The first-order valence-electron chi connectivity index (χ1n) is 8.94. The van der Waals surface area contributed by atoms with Crippen LogP contribution >= 0.6 is 12.2 Å². The summed E-state index contributed by atoms with van der Waals surface area (Å²) < 4.78 is 29.3. The number of nitrogens with zero attached hydrogens (tertiary/aromatic N) is 4. The van der Waals surface area contributed by atoms with Crippen LogP contribution in [0.4, 0.5) is 0 Å². The van der Waals surface area contributed by atoms with E-state index < -0.39 is 15.9 Å². The molecule has 1 fully saturated rings. The molecular weight excluding hydrogens is 416 g/mol. The Kier molecular flexibility index (Phi) is 6.15. The van der Waals surface area contributed by atoms with Gasteiger partial charge in [-0.1, -0.05) is 6.07 Å². The number of H-pyrrole nitrogens is 1. The molecule has 0 unspecified atom stereocenters. The van der Waals surface area contributed by atoms with Crippen molar-refractivity contribution in [1.82, 2.24) is 29.3 Å². The number of amides is 2. The molecule has 1 aliphatic heterocycles. The number of nitrogens with one attached hydrogen (secondary N) is 2. The van der Waals surface area contributed by atoms with Crippen molar-refractivity contribution in [2.75, 3.05) is 26.2 Å². The summed E-state index contributed by atoms with van der Waals surface area (Å²) in [4.78, 5) is 25.6. The Morgan fingerprint density at radius 1 is 1.24 bits per heavy atom. The third-order valence-electron chi connectivity index (χ3n) is 4.80. The third-order valence-corrected chi connectivity index (χ3v) is 7.06. The molecule has 0 atom stereocenters. The van der Waals surface area contributed by atoms with Crippen molar-refractivity contribution in [3.63, 3.8) is 0 Å². The molecule has 0 saturated carbocycles. The minimum absolute atomic E-state index is 0.0413. The molecule has 1 saturated heterocycles. The van der Waals surface area contributed by atoms with Crippen molar-refractivity contribution in [2.24, 2.45) is 7.05 Å². The maximum Gasteiger partial charge on any atom is 0.251 e. The number of aromatic amines is 1. The fraction of sp³-hybridized carbons (Fsp3) is 0.412. The molecule has 10 nitrogen and oxygen atoms in total. The number of carbonyl (C=O) groups is 2. The Balaban J connectivity index is 1.71. The highest BCUT2D eigenvalue weighted by atomic mass is 32.2. The summed E-state index contributed by atoms with van der Waals surface area (Å²) >= 11 is 5.03. The van der Waals surface area contributed by atoms with Crippen LogP contribution in [-0.4, -0.2) is 70.4 Å². The van der Waals surface area contributed by atoms with Crippen molar-refractivity contribution in [2.45, 2.75) is 18.4 Å². The van der Waals surface area contributed by atoms with Gasteiger partial charge in [-0.05, 0) is 30.4 Å². The van der Waals surface area contributed by atoms with Crippen LogP contribution in [0.15, 0.2) is 29.2 Å². The summed E-state index contributed by atoms with van der Waals surface area (Å²) in [5.41, 5.74) is 0.227. The van der Waals surface area contributed by atoms with Gasteiger partial charge in [-0.2, -0.15) is 9.40 Å². The predicted molar refractivity (Wildman–Crippen MR) is 107 cm³/mol. The first-order valence-corrected chi connectivity index (χ1v) is 10.8. The zero-order valence-electron chi connectivity index (χ0n) is 16.1. The minimum atomic E-state index is -3.76. The van der Waals surface area contributed by atoms with Gasteiger partial charge >= 0.3 is 0 Å². The molecule has 0 bridgehead atoms. The van der Waals surface area contributed by atoms with Crippen LogP contribution in [0, 0.1) is 4.77 Å². The summed E-state index contributed by atoms with van der Waals surface area (Å²) in [5.74, 6) is 0.0574. The molecule has 1 aromatic heterocycles. The Morgan fingerprint density at radius 3 is 2.52 bits per heavy atom. The lowest BCUT2D eigenvalue weighted by Crippen LogP contribution is -2.49. The molecule has 156 valence electrons. The highest BCUT2D eigenvalue weighted by Crippen LogP contribution is 2.19. The third kappa shape index (κ3) is 4.54. The number of benzene rings is 1. The Hall–Kier alpha value is -2.57. The molecule has 1 aliphatic rings. The van der Waals surface area contributed by atoms with E-state index in [9.17, 15) is 18.0 Å².